The van der Waals surface area contributed by atoms with Gasteiger partial charge in [-0.3, -0.25) is 0 Å². The number of halogens is 2. The highest BCUT2D eigenvalue weighted by Gasteiger charge is 1.99. The Labute approximate surface area is 81.0 Å². The first-order chi connectivity index (χ1) is 5.24. The molecule has 0 spiro atoms. The maximum absolute atomic E-state index is 12.5. The van der Waals surface area contributed by atoms with Crippen LogP contribution in [0.25, 0.3) is 0 Å². The fraction of sp³-hybridized carbons (Fsp3) is 0.250. The number of nitrogens with two attached hydrogens (primary N) is 1. The van der Waals surface area contributed by atoms with Crippen LogP contribution in [0.3, 0.4) is 0 Å². The highest BCUT2D eigenvalue weighted by atomic mass is 79.9. The maximum Gasteiger partial charge on any atom is 0.164 e. The first kappa shape index (κ1) is 11.4. The first-order valence-electron chi connectivity index (χ1n) is 3.41. The molecule has 0 bridgehead atoms. The predicted molar refractivity (Wildman–Crippen MR) is 51.1 cm³/mol. The normalized spacial score (nSPS) is 9.17. The standard InChI is InChI=1S/C8H10FNO.BrH/c9-7-2-1-6(3-4-10)5-8(7)11;/h1-2,5,11H,3-4,10H2;1H. The molecule has 0 aliphatic rings. The van der Waals surface area contributed by atoms with Gasteiger partial charge in [-0.1, -0.05) is 6.07 Å². The summed E-state index contributed by atoms with van der Waals surface area (Å²) in [7, 11) is 0. The van der Waals surface area contributed by atoms with Gasteiger partial charge in [0.25, 0.3) is 0 Å². The summed E-state index contributed by atoms with van der Waals surface area (Å²) in [5.41, 5.74) is 6.13. The number of phenols is 1. The molecule has 0 aliphatic carbocycles. The third-order valence-corrected chi connectivity index (χ3v) is 1.44. The maximum atomic E-state index is 12.5. The first-order valence-corrected chi connectivity index (χ1v) is 3.41. The van der Waals surface area contributed by atoms with Crippen molar-refractivity contribution in [3.05, 3.63) is 29.6 Å². The van der Waals surface area contributed by atoms with E-state index < -0.39 is 5.82 Å². The van der Waals surface area contributed by atoms with Gasteiger partial charge in [-0.15, -0.1) is 17.0 Å². The van der Waals surface area contributed by atoms with Gasteiger partial charge in [-0.2, -0.15) is 0 Å². The van der Waals surface area contributed by atoms with Crippen LogP contribution in [0.15, 0.2) is 18.2 Å². The van der Waals surface area contributed by atoms with E-state index in [0.29, 0.717) is 13.0 Å². The lowest BCUT2D eigenvalue weighted by atomic mass is 10.1. The molecule has 0 aromatic heterocycles. The second-order valence-electron chi connectivity index (χ2n) is 2.32. The van der Waals surface area contributed by atoms with E-state index in [1.54, 1.807) is 6.07 Å². The number of rotatable bonds is 2. The van der Waals surface area contributed by atoms with E-state index in [-0.39, 0.29) is 22.7 Å². The summed E-state index contributed by atoms with van der Waals surface area (Å²) in [6, 6.07) is 4.24. The van der Waals surface area contributed by atoms with Gasteiger partial charge in [-0.05, 0) is 30.7 Å². The zero-order valence-corrected chi connectivity index (χ0v) is 8.17. The number of hydrogen-bond acceptors (Lipinski definition) is 2. The van der Waals surface area contributed by atoms with E-state index in [2.05, 4.69) is 0 Å². The summed E-state index contributed by atoms with van der Waals surface area (Å²) in [5.74, 6) is -0.901. The molecule has 0 atom stereocenters. The van der Waals surface area contributed by atoms with E-state index in [4.69, 9.17) is 10.8 Å². The van der Waals surface area contributed by atoms with Crippen LogP contribution in [-0.2, 0) is 6.42 Å². The zero-order valence-electron chi connectivity index (χ0n) is 6.46. The lowest BCUT2D eigenvalue weighted by Gasteiger charge is -1.99. The van der Waals surface area contributed by atoms with E-state index >= 15 is 0 Å². The van der Waals surface area contributed by atoms with Gasteiger partial charge in [0.15, 0.2) is 11.6 Å². The molecule has 2 nitrogen and oxygen atoms in total. The van der Waals surface area contributed by atoms with Gasteiger partial charge in [0.2, 0.25) is 0 Å². The SMILES string of the molecule is Br.NCCc1ccc(F)c(O)c1. The highest BCUT2D eigenvalue weighted by molar-refractivity contribution is 8.93. The van der Waals surface area contributed by atoms with Crippen molar-refractivity contribution in [3.63, 3.8) is 0 Å². The third kappa shape index (κ3) is 2.79. The quantitative estimate of drug-likeness (QED) is 0.819. The molecule has 0 saturated heterocycles. The van der Waals surface area contributed by atoms with Gasteiger partial charge in [0, 0.05) is 0 Å². The highest BCUT2D eigenvalue weighted by Crippen LogP contribution is 2.16. The van der Waals surface area contributed by atoms with Crippen LogP contribution in [0.5, 0.6) is 5.75 Å². The Morgan fingerprint density at radius 3 is 2.58 bits per heavy atom. The van der Waals surface area contributed by atoms with Crippen molar-refractivity contribution >= 4 is 17.0 Å². The van der Waals surface area contributed by atoms with Crippen LogP contribution in [0, 0.1) is 5.82 Å². The Hall–Kier alpha value is -0.610. The van der Waals surface area contributed by atoms with Crippen molar-refractivity contribution in [2.24, 2.45) is 5.73 Å². The third-order valence-electron chi connectivity index (χ3n) is 1.44. The second-order valence-corrected chi connectivity index (χ2v) is 2.32. The fourth-order valence-corrected chi connectivity index (χ4v) is 0.880. The molecule has 0 amide bonds. The molecular weight excluding hydrogens is 225 g/mol. The molecule has 1 aromatic carbocycles. The summed E-state index contributed by atoms with van der Waals surface area (Å²) in [5, 5.41) is 8.91. The Morgan fingerprint density at radius 1 is 1.42 bits per heavy atom. The average Bonchev–Trinajstić information content (AvgIpc) is 1.98. The Kier molecular flexibility index (Phi) is 4.85. The van der Waals surface area contributed by atoms with Crippen LogP contribution in [0.2, 0.25) is 0 Å². The number of aromatic hydroxyl groups is 1. The summed E-state index contributed by atoms with van der Waals surface area (Å²) in [6.45, 7) is 0.505. The molecule has 12 heavy (non-hydrogen) atoms. The van der Waals surface area contributed by atoms with Crippen LogP contribution >= 0.6 is 17.0 Å². The van der Waals surface area contributed by atoms with Crippen LogP contribution in [-0.4, -0.2) is 11.7 Å². The van der Waals surface area contributed by atoms with Crippen LogP contribution < -0.4 is 5.73 Å². The topological polar surface area (TPSA) is 46.2 Å². The van der Waals surface area contributed by atoms with Gasteiger partial charge >= 0.3 is 0 Å². The molecule has 0 unspecified atom stereocenters. The van der Waals surface area contributed by atoms with Crippen molar-refractivity contribution in [2.75, 3.05) is 6.54 Å². The minimum atomic E-state index is -0.592. The van der Waals surface area contributed by atoms with Crippen molar-refractivity contribution in [1.82, 2.24) is 0 Å². The van der Waals surface area contributed by atoms with Crippen molar-refractivity contribution < 1.29 is 9.50 Å². The van der Waals surface area contributed by atoms with Gasteiger partial charge in [0.05, 0.1) is 0 Å². The number of benzene rings is 1. The van der Waals surface area contributed by atoms with Gasteiger partial charge in [-0.25, -0.2) is 4.39 Å². The Morgan fingerprint density at radius 2 is 2.08 bits per heavy atom. The lowest BCUT2D eigenvalue weighted by molar-refractivity contribution is 0.431. The largest absolute Gasteiger partial charge is 0.505 e. The minimum Gasteiger partial charge on any atom is -0.505 e. The predicted octanol–water partition coefficient (Wildman–Crippen LogP) is 1.61. The number of phenolic OH excluding ortho intramolecular Hbond substituents is 1. The molecule has 1 rings (SSSR count). The van der Waals surface area contributed by atoms with E-state index in [9.17, 15) is 4.39 Å². The monoisotopic (exact) mass is 235 g/mol. The number of hydrogen-bond donors (Lipinski definition) is 2. The molecule has 0 fully saturated rings. The molecular formula is C8H11BrFNO. The molecule has 0 aliphatic heterocycles. The summed E-state index contributed by atoms with van der Waals surface area (Å²) >= 11 is 0. The fourth-order valence-electron chi connectivity index (χ4n) is 0.880. The average molecular weight is 236 g/mol. The molecule has 0 heterocycles. The molecule has 1 aromatic rings. The Balaban J connectivity index is 0.00000121. The van der Waals surface area contributed by atoms with Crippen LogP contribution in [0.4, 0.5) is 4.39 Å². The second kappa shape index (κ2) is 5.11. The molecule has 3 N–H and O–H groups in total. The minimum absolute atomic E-state index is 0. The summed E-state index contributed by atoms with van der Waals surface area (Å²) in [4.78, 5) is 0. The van der Waals surface area contributed by atoms with E-state index in [1.807, 2.05) is 0 Å². The summed E-state index contributed by atoms with van der Waals surface area (Å²) < 4.78 is 12.5. The molecule has 0 radical (unpaired) electrons. The van der Waals surface area contributed by atoms with Crippen molar-refractivity contribution in [3.8, 4) is 5.75 Å². The van der Waals surface area contributed by atoms with Gasteiger partial charge < -0.3 is 10.8 Å². The summed E-state index contributed by atoms with van der Waals surface area (Å²) in [6.07, 6.45) is 0.661. The Bertz CT molecular complexity index is 255. The van der Waals surface area contributed by atoms with Crippen molar-refractivity contribution in [1.29, 1.82) is 0 Å². The van der Waals surface area contributed by atoms with E-state index in [1.165, 1.54) is 12.1 Å². The molecule has 68 valence electrons. The smallest absolute Gasteiger partial charge is 0.164 e. The van der Waals surface area contributed by atoms with E-state index in [0.717, 1.165) is 5.56 Å². The lowest BCUT2D eigenvalue weighted by Crippen LogP contribution is -2.02. The molecule has 0 saturated carbocycles. The van der Waals surface area contributed by atoms with Crippen LogP contribution in [0.1, 0.15) is 5.56 Å². The van der Waals surface area contributed by atoms with Crippen molar-refractivity contribution in [2.45, 2.75) is 6.42 Å². The molecule has 4 heteroatoms. The van der Waals surface area contributed by atoms with Gasteiger partial charge in [0.1, 0.15) is 0 Å². The zero-order chi connectivity index (χ0) is 8.27.